The fourth-order valence-electron chi connectivity index (χ4n) is 2.26. The molecule has 0 saturated carbocycles. The van der Waals surface area contributed by atoms with Crippen LogP contribution in [0.1, 0.15) is 18.4 Å². The monoisotopic (exact) mass is 296 g/mol. The molecule has 0 aliphatic carbocycles. The lowest BCUT2D eigenvalue weighted by molar-refractivity contribution is 0.120. The molecule has 7 nitrogen and oxygen atoms in total. The highest BCUT2D eigenvalue weighted by atomic mass is 16.5. The number of rotatable bonds is 5. The standard InChI is InChI=1S/C15H16N6O/c16-8-11-3-1-4-12(7-11)19-14-10-18-21-15(20-14)17-9-13-5-2-6-22-13/h1,3-4,7,10,13H,2,5-6,9H2,(H2,17,19,20,21). The average Bonchev–Trinajstić information content (AvgIpc) is 3.07. The Kier molecular flexibility index (Phi) is 4.41. The molecule has 1 aromatic heterocycles. The number of ether oxygens (including phenoxy) is 1. The third kappa shape index (κ3) is 3.68. The average molecular weight is 296 g/mol. The summed E-state index contributed by atoms with van der Waals surface area (Å²) < 4.78 is 5.54. The maximum Gasteiger partial charge on any atom is 0.244 e. The zero-order valence-electron chi connectivity index (χ0n) is 12.0. The van der Waals surface area contributed by atoms with Gasteiger partial charge in [-0.1, -0.05) is 6.07 Å². The first-order valence-corrected chi connectivity index (χ1v) is 7.16. The Morgan fingerprint density at radius 1 is 1.41 bits per heavy atom. The fourth-order valence-corrected chi connectivity index (χ4v) is 2.26. The summed E-state index contributed by atoms with van der Waals surface area (Å²) in [5.41, 5.74) is 1.37. The van der Waals surface area contributed by atoms with Gasteiger partial charge in [-0.3, -0.25) is 0 Å². The lowest BCUT2D eigenvalue weighted by Crippen LogP contribution is -2.20. The van der Waals surface area contributed by atoms with E-state index in [2.05, 4.69) is 31.9 Å². The van der Waals surface area contributed by atoms with Crippen LogP contribution in [0.2, 0.25) is 0 Å². The van der Waals surface area contributed by atoms with Crippen LogP contribution in [0.4, 0.5) is 17.5 Å². The number of anilines is 3. The molecule has 1 saturated heterocycles. The Morgan fingerprint density at radius 2 is 2.36 bits per heavy atom. The third-order valence-electron chi connectivity index (χ3n) is 3.33. The van der Waals surface area contributed by atoms with E-state index in [0.717, 1.165) is 25.1 Å². The van der Waals surface area contributed by atoms with Crippen LogP contribution in [0.25, 0.3) is 0 Å². The third-order valence-corrected chi connectivity index (χ3v) is 3.33. The van der Waals surface area contributed by atoms with Crippen molar-refractivity contribution in [3.63, 3.8) is 0 Å². The molecule has 2 N–H and O–H groups in total. The fraction of sp³-hybridized carbons (Fsp3) is 0.333. The molecule has 1 aliphatic heterocycles. The van der Waals surface area contributed by atoms with Gasteiger partial charge in [0.1, 0.15) is 0 Å². The summed E-state index contributed by atoms with van der Waals surface area (Å²) in [4.78, 5) is 4.35. The van der Waals surface area contributed by atoms with Gasteiger partial charge < -0.3 is 15.4 Å². The van der Waals surface area contributed by atoms with Crippen molar-refractivity contribution in [3.8, 4) is 6.07 Å². The summed E-state index contributed by atoms with van der Waals surface area (Å²) in [5, 5.41) is 23.0. The Balaban J connectivity index is 1.64. The van der Waals surface area contributed by atoms with Gasteiger partial charge in [-0.2, -0.15) is 15.3 Å². The van der Waals surface area contributed by atoms with E-state index in [4.69, 9.17) is 10.00 Å². The molecule has 22 heavy (non-hydrogen) atoms. The van der Waals surface area contributed by atoms with Crippen LogP contribution in [0.5, 0.6) is 0 Å². The first kappa shape index (κ1) is 14.2. The molecule has 0 radical (unpaired) electrons. The summed E-state index contributed by atoms with van der Waals surface area (Å²) in [6.07, 6.45) is 3.91. The molecule has 0 amide bonds. The number of nitriles is 1. The number of nitrogens with zero attached hydrogens (tertiary/aromatic N) is 4. The van der Waals surface area contributed by atoms with Crippen LogP contribution in [0.15, 0.2) is 30.5 Å². The van der Waals surface area contributed by atoms with E-state index in [1.807, 2.05) is 12.1 Å². The van der Waals surface area contributed by atoms with Gasteiger partial charge in [0, 0.05) is 18.8 Å². The topological polar surface area (TPSA) is 95.8 Å². The number of nitrogens with one attached hydrogen (secondary N) is 2. The molecule has 0 bridgehead atoms. The zero-order chi connectivity index (χ0) is 15.2. The van der Waals surface area contributed by atoms with Gasteiger partial charge in [0.05, 0.1) is 23.9 Å². The second-order valence-electron chi connectivity index (χ2n) is 5.00. The molecule has 1 unspecified atom stereocenters. The van der Waals surface area contributed by atoms with Crippen molar-refractivity contribution in [2.24, 2.45) is 0 Å². The van der Waals surface area contributed by atoms with Crippen molar-refractivity contribution in [1.29, 1.82) is 5.26 Å². The lowest BCUT2D eigenvalue weighted by atomic mass is 10.2. The lowest BCUT2D eigenvalue weighted by Gasteiger charge is -2.11. The highest BCUT2D eigenvalue weighted by Crippen LogP contribution is 2.16. The molecule has 112 valence electrons. The van der Waals surface area contributed by atoms with Crippen LogP contribution in [-0.4, -0.2) is 34.4 Å². The first-order chi connectivity index (χ1) is 10.8. The summed E-state index contributed by atoms with van der Waals surface area (Å²) in [5.74, 6) is 1.02. The highest BCUT2D eigenvalue weighted by molar-refractivity contribution is 5.58. The van der Waals surface area contributed by atoms with Crippen molar-refractivity contribution in [2.45, 2.75) is 18.9 Å². The van der Waals surface area contributed by atoms with Gasteiger partial charge in [0.15, 0.2) is 5.82 Å². The summed E-state index contributed by atoms with van der Waals surface area (Å²) >= 11 is 0. The Morgan fingerprint density at radius 3 is 3.18 bits per heavy atom. The minimum Gasteiger partial charge on any atom is -0.376 e. The predicted octanol–water partition coefficient (Wildman–Crippen LogP) is 2.08. The van der Waals surface area contributed by atoms with E-state index in [1.54, 1.807) is 12.1 Å². The van der Waals surface area contributed by atoms with E-state index in [0.29, 0.717) is 23.9 Å². The Labute approximate surface area is 128 Å². The smallest absolute Gasteiger partial charge is 0.244 e. The number of aromatic nitrogens is 3. The van der Waals surface area contributed by atoms with E-state index < -0.39 is 0 Å². The van der Waals surface area contributed by atoms with Crippen LogP contribution in [0, 0.1) is 11.3 Å². The number of hydrogen-bond donors (Lipinski definition) is 2. The second kappa shape index (κ2) is 6.83. The largest absolute Gasteiger partial charge is 0.376 e. The predicted molar refractivity (Wildman–Crippen MR) is 81.7 cm³/mol. The van der Waals surface area contributed by atoms with E-state index >= 15 is 0 Å². The number of benzene rings is 1. The SMILES string of the molecule is N#Cc1cccc(Nc2cnnc(NCC3CCCO3)n2)c1. The Bertz CT molecular complexity index is 678. The maximum absolute atomic E-state index is 8.91. The van der Waals surface area contributed by atoms with Crippen LogP contribution < -0.4 is 10.6 Å². The molecule has 1 aromatic carbocycles. The highest BCUT2D eigenvalue weighted by Gasteiger charge is 2.15. The first-order valence-electron chi connectivity index (χ1n) is 7.16. The van der Waals surface area contributed by atoms with Crippen molar-refractivity contribution in [3.05, 3.63) is 36.0 Å². The molecule has 7 heteroatoms. The van der Waals surface area contributed by atoms with E-state index in [-0.39, 0.29) is 6.10 Å². The summed E-state index contributed by atoms with van der Waals surface area (Å²) in [6.45, 7) is 1.50. The van der Waals surface area contributed by atoms with E-state index in [9.17, 15) is 0 Å². The van der Waals surface area contributed by atoms with E-state index in [1.165, 1.54) is 6.20 Å². The molecule has 1 fully saturated rings. The molecule has 2 aromatic rings. The Hall–Kier alpha value is -2.72. The normalized spacial score (nSPS) is 17.0. The second-order valence-corrected chi connectivity index (χ2v) is 5.00. The summed E-state index contributed by atoms with van der Waals surface area (Å²) in [7, 11) is 0. The van der Waals surface area contributed by atoms with Gasteiger partial charge in [-0.15, -0.1) is 5.10 Å². The zero-order valence-corrected chi connectivity index (χ0v) is 12.0. The number of hydrogen-bond acceptors (Lipinski definition) is 7. The van der Waals surface area contributed by atoms with Gasteiger partial charge in [0.2, 0.25) is 5.95 Å². The van der Waals surface area contributed by atoms with Crippen LogP contribution in [0.3, 0.4) is 0 Å². The molecular weight excluding hydrogens is 280 g/mol. The van der Waals surface area contributed by atoms with Crippen molar-refractivity contribution in [2.75, 3.05) is 23.8 Å². The van der Waals surface area contributed by atoms with Crippen molar-refractivity contribution >= 4 is 17.5 Å². The molecule has 2 heterocycles. The molecule has 1 aliphatic rings. The van der Waals surface area contributed by atoms with Gasteiger partial charge >= 0.3 is 0 Å². The minimum atomic E-state index is 0.215. The molecule has 0 spiro atoms. The molecule has 3 rings (SSSR count). The minimum absolute atomic E-state index is 0.215. The van der Waals surface area contributed by atoms with Crippen LogP contribution >= 0.6 is 0 Å². The van der Waals surface area contributed by atoms with Crippen LogP contribution in [-0.2, 0) is 4.74 Å². The summed E-state index contributed by atoms with van der Waals surface area (Å²) in [6, 6.07) is 9.28. The van der Waals surface area contributed by atoms with Gasteiger partial charge in [-0.05, 0) is 31.0 Å². The quantitative estimate of drug-likeness (QED) is 0.872. The van der Waals surface area contributed by atoms with Gasteiger partial charge in [0.25, 0.3) is 0 Å². The molecular formula is C15H16N6O. The van der Waals surface area contributed by atoms with Gasteiger partial charge in [-0.25, -0.2) is 0 Å². The van der Waals surface area contributed by atoms with Crippen molar-refractivity contribution < 1.29 is 4.74 Å². The molecule has 1 atom stereocenters. The van der Waals surface area contributed by atoms with Crippen molar-refractivity contribution in [1.82, 2.24) is 15.2 Å². The maximum atomic E-state index is 8.91.